The highest BCUT2D eigenvalue weighted by atomic mass is 35.5. The molecule has 0 bridgehead atoms. The molecule has 0 saturated carbocycles. The second-order valence-corrected chi connectivity index (χ2v) is 5.76. The zero-order chi connectivity index (χ0) is 17.8. The average Bonchev–Trinajstić information content (AvgIpc) is 2.99. The van der Waals surface area contributed by atoms with Crippen LogP contribution in [-0.4, -0.2) is 27.5 Å². The molecule has 0 fully saturated rings. The number of halogens is 1. The topological polar surface area (TPSA) is 69.0 Å². The van der Waals surface area contributed by atoms with Gasteiger partial charge in [-0.3, -0.25) is 4.79 Å². The Kier molecular flexibility index (Phi) is 5.00. The third kappa shape index (κ3) is 3.80. The van der Waals surface area contributed by atoms with Crippen LogP contribution in [0.1, 0.15) is 23.1 Å². The van der Waals surface area contributed by atoms with E-state index in [2.05, 4.69) is 15.6 Å². The molecule has 0 radical (unpaired) electrons. The second-order valence-electron chi connectivity index (χ2n) is 5.32. The molecule has 1 amide bonds. The molecule has 3 aromatic rings. The number of nitrogens with zero attached hydrogens (tertiary/aromatic N) is 3. The number of hydrogen-bond donors (Lipinski definition) is 1. The third-order valence-corrected chi connectivity index (χ3v) is 3.86. The Morgan fingerprint density at radius 3 is 2.48 bits per heavy atom. The summed E-state index contributed by atoms with van der Waals surface area (Å²) in [6.45, 7) is 4.34. The standard InChI is InChI=1S/C18H17ClN4O2/c1-3-25-16-10-8-15(9-11-16)23-12(2)17(21-22-23)18(24)20-14-6-4-13(19)5-7-14/h4-11H,3H2,1-2H3,(H,20,24). The molecule has 1 aromatic heterocycles. The van der Waals surface area contributed by atoms with Crippen molar-refractivity contribution in [1.82, 2.24) is 15.0 Å². The average molecular weight is 357 g/mol. The number of hydrogen-bond acceptors (Lipinski definition) is 4. The van der Waals surface area contributed by atoms with Crippen molar-refractivity contribution >= 4 is 23.2 Å². The maximum absolute atomic E-state index is 12.4. The minimum atomic E-state index is -0.322. The molecule has 7 heteroatoms. The molecule has 0 atom stereocenters. The SMILES string of the molecule is CCOc1ccc(-n2nnc(C(=O)Nc3ccc(Cl)cc3)c2C)cc1. The summed E-state index contributed by atoms with van der Waals surface area (Å²) in [4.78, 5) is 12.4. The molecule has 0 aliphatic rings. The molecule has 0 saturated heterocycles. The lowest BCUT2D eigenvalue weighted by Gasteiger charge is -2.07. The van der Waals surface area contributed by atoms with Gasteiger partial charge >= 0.3 is 0 Å². The number of nitrogens with one attached hydrogen (secondary N) is 1. The first-order valence-electron chi connectivity index (χ1n) is 7.81. The lowest BCUT2D eigenvalue weighted by Crippen LogP contribution is -2.14. The molecule has 1 heterocycles. The van der Waals surface area contributed by atoms with E-state index in [1.807, 2.05) is 31.2 Å². The Bertz CT molecular complexity index is 873. The van der Waals surface area contributed by atoms with E-state index >= 15 is 0 Å². The summed E-state index contributed by atoms with van der Waals surface area (Å²) in [6.07, 6.45) is 0. The lowest BCUT2D eigenvalue weighted by atomic mass is 10.2. The van der Waals surface area contributed by atoms with Gasteiger partial charge in [0.25, 0.3) is 5.91 Å². The molecule has 6 nitrogen and oxygen atoms in total. The molecule has 128 valence electrons. The lowest BCUT2D eigenvalue weighted by molar-refractivity contribution is 0.102. The summed E-state index contributed by atoms with van der Waals surface area (Å²) < 4.78 is 7.04. The number of ether oxygens (including phenoxy) is 1. The zero-order valence-electron chi connectivity index (χ0n) is 13.9. The predicted molar refractivity (Wildman–Crippen MR) is 96.7 cm³/mol. The number of amides is 1. The summed E-state index contributed by atoms with van der Waals surface area (Å²) in [5.41, 5.74) is 2.36. The van der Waals surface area contributed by atoms with Gasteiger partial charge in [0, 0.05) is 10.7 Å². The van der Waals surface area contributed by atoms with Crippen LogP contribution in [0.25, 0.3) is 5.69 Å². The normalized spacial score (nSPS) is 10.5. The van der Waals surface area contributed by atoms with Gasteiger partial charge in [0.15, 0.2) is 5.69 Å². The van der Waals surface area contributed by atoms with Crippen molar-refractivity contribution in [1.29, 1.82) is 0 Å². The Morgan fingerprint density at radius 2 is 1.84 bits per heavy atom. The van der Waals surface area contributed by atoms with Gasteiger partial charge in [-0.2, -0.15) is 0 Å². The molecule has 3 rings (SSSR count). The van der Waals surface area contributed by atoms with Crippen molar-refractivity contribution in [3.05, 3.63) is 64.9 Å². The highest BCUT2D eigenvalue weighted by Gasteiger charge is 2.17. The van der Waals surface area contributed by atoms with Crippen molar-refractivity contribution in [3.8, 4) is 11.4 Å². The largest absolute Gasteiger partial charge is 0.494 e. The Hall–Kier alpha value is -2.86. The van der Waals surface area contributed by atoms with Gasteiger partial charge in [-0.1, -0.05) is 16.8 Å². The minimum Gasteiger partial charge on any atom is -0.494 e. The fraction of sp³-hybridized carbons (Fsp3) is 0.167. The first-order chi connectivity index (χ1) is 12.1. The molecule has 0 aliphatic heterocycles. The van der Waals surface area contributed by atoms with Gasteiger partial charge in [-0.25, -0.2) is 4.68 Å². The third-order valence-electron chi connectivity index (χ3n) is 3.60. The van der Waals surface area contributed by atoms with E-state index in [4.69, 9.17) is 16.3 Å². The number of rotatable bonds is 5. The van der Waals surface area contributed by atoms with Crippen LogP contribution in [0, 0.1) is 6.92 Å². The monoisotopic (exact) mass is 356 g/mol. The van der Waals surface area contributed by atoms with Crippen molar-refractivity contribution < 1.29 is 9.53 Å². The molecular formula is C18H17ClN4O2. The van der Waals surface area contributed by atoms with Crippen LogP contribution in [0.5, 0.6) is 5.75 Å². The number of carbonyl (C=O) groups is 1. The number of benzene rings is 2. The Labute approximate surface area is 150 Å². The molecular weight excluding hydrogens is 340 g/mol. The van der Waals surface area contributed by atoms with E-state index in [0.29, 0.717) is 23.0 Å². The van der Waals surface area contributed by atoms with Crippen LogP contribution >= 0.6 is 11.6 Å². The maximum atomic E-state index is 12.4. The zero-order valence-corrected chi connectivity index (χ0v) is 14.6. The van der Waals surface area contributed by atoms with Gasteiger partial charge < -0.3 is 10.1 Å². The van der Waals surface area contributed by atoms with E-state index in [1.54, 1.807) is 35.9 Å². The molecule has 1 N–H and O–H groups in total. The fourth-order valence-electron chi connectivity index (χ4n) is 2.36. The summed E-state index contributed by atoms with van der Waals surface area (Å²) in [5, 5.41) is 11.5. The summed E-state index contributed by atoms with van der Waals surface area (Å²) in [5.74, 6) is 0.460. The van der Waals surface area contributed by atoms with E-state index < -0.39 is 0 Å². The highest BCUT2D eigenvalue weighted by molar-refractivity contribution is 6.30. The summed E-state index contributed by atoms with van der Waals surface area (Å²) >= 11 is 5.85. The van der Waals surface area contributed by atoms with Crippen molar-refractivity contribution in [3.63, 3.8) is 0 Å². The van der Waals surface area contributed by atoms with Gasteiger partial charge in [0.1, 0.15) is 5.75 Å². The van der Waals surface area contributed by atoms with Crippen molar-refractivity contribution in [2.24, 2.45) is 0 Å². The summed E-state index contributed by atoms with van der Waals surface area (Å²) in [6, 6.07) is 14.3. The molecule has 25 heavy (non-hydrogen) atoms. The first kappa shape index (κ1) is 17.0. The molecule has 2 aromatic carbocycles. The Balaban J connectivity index is 1.80. The van der Waals surface area contributed by atoms with Crippen LogP contribution in [0.15, 0.2) is 48.5 Å². The predicted octanol–water partition coefficient (Wildman–Crippen LogP) is 3.88. The van der Waals surface area contributed by atoms with Crippen LogP contribution in [-0.2, 0) is 0 Å². The van der Waals surface area contributed by atoms with Crippen LogP contribution in [0.2, 0.25) is 5.02 Å². The second kappa shape index (κ2) is 7.36. The molecule has 0 spiro atoms. The van der Waals surface area contributed by atoms with Crippen LogP contribution < -0.4 is 10.1 Å². The highest BCUT2D eigenvalue weighted by Crippen LogP contribution is 2.18. The Morgan fingerprint density at radius 1 is 1.16 bits per heavy atom. The smallest absolute Gasteiger partial charge is 0.278 e. The molecule has 0 unspecified atom stereocenters. The quantitative estimate of drug-likeness (QED) is 0.753. The van der Waals surface area contributed by atoms with Crippen molar-refractivity contribution in [2.45, 2.75) is 13.8 Å². The molecule has 0 aliphatic carbocycles. The van der Waals surface area contributed by atoms with E-state index in [9.17, 15) is 4.79 Å². The van der Waals surface area contributed by atoms with E-state index in [0.717, 1.165) is 11.4 Å². The van der Waals surface area contributed by atoms with Gasteiger partial charge in [0.05, 0.1) is 18.0 Å². The van der Waals surface area contributed by atoms with Gasteiger partial charge in [0.2, 0.25) is 0 Å². The van der Waals surface area contributed by atoms with Crippen molar-refractivity contribution in [2.75, 3.05) is 11.9 Å². The number of aromatic nitrogens is 3. The van der Waals surface area contributed by atoms with E-state index in [-0.39, 0.29) is 11.6 Å². The van der Waals surface area contributed by atoms with Crippen LogP contribution in [0.4, 0.5) is 5.69 Å². The maximum Gasteiger partial charge on any atom is 0.278 e. The summed E-state index contributed by atoms with van der Waals surface area (Å²) in [7, 11) is 0. The number of carbonyl (C=O) groups excluding carboxylic acids is 1. The van der Waals surface area contributed by atoms with Gasteiger partial charge in [-0.05, 0) is 62.4 Å². The van der Waals surface area contributed by atoms with E-state index in [1.165, 1.54) is 0 Å². The first-order valence-corrected chi connectivity index (χ1v) is 8.18. The van der Waals surface area contributed by atoms with Gasteiger partial charge in [-0.15, -0.1) is 5.10 Å². The minimum absolute atomic E-state index is 0.267. The van der Waals surface area contributed by atoms with Crippen LogP contribution in [0.3, 0.4) is 0 Å². The fourth-order valence-corrected chi connectivity index (χ4v) is 2.48. The number of anilines is 1.